The van der Waals surface area contributed by atoms with Gasteiger partial charge in [-0.2, -0.15) is 0 Å². The summed E-state index contributed by atoms with van der Waals surface area (Å²) in [6.45, 7) is 0. The zero-order chi connectivity index (χ0) is 44.7. The third-order valence-corrected chi connectivity index (χ3v) is 14.4. The molecule has 0 N–H and O–H groups in total. The zero-order valence-corrected chi connectivity index (χ0v) is 37.1. The molecule has 1 aromatic heterocycles. The summed E-state index contributed by atoms with van der Waals surface area (Å²) in [6, 6.07) is 91.6. The molecule has 0 saturated carbocycles. The molecule has 0 unspecified atom stereocenters. The molecular formula is C67H41N. The molecule has 1 heterocycles. The highest BCUT2D eigenvalue weighted by molar-refractivity contribution is 6.27. The summed E-state index contributed by atoms with van der Waals surface area (Å²) in [5.74, 6) is 0. The molecule has 13 aromatic carbocycles. The number of benzene rings is 13. The molecule has 14 rings (SSSR count). The first-order chi connectivity index (χ1) is 33.7. The number of aromatic nitrogens is 1. The number of nitrogens with zero attached hydrogens (tertiary/aromatic N) is 1. The SMILES string of the molecule is c1ccc2cc(-c3nc4ccccc4c4c3cc(-c3ccc(-c5ccc6c(-c7cccc8ccccc78)c7ccccc7c(-c7cccc8ccccc78)c6c5)cc3)c3ccccc34)ccc2c1. The summed E-state index contributed by atoms with van der Waals surface area (Å²) in [6.07, 6.45) is 0. The number of hydrogen-bond donors (Lipinski definition) is 0. The Hall–Kier alpha value is -8.91. The van der Waals surface area contributed by atoms with Crippen LogP contribution < -0.4 is 0 Å². The van der Waals surface area contributed by atoms with Crippen molar-refractivity contribution in [1.82, 2.24) is 4.98 Å². The van der Waals surface area contributed by atoms with Crippen molar-refractivity contribution < 1.29 is 0 Å². The Bertz CT molecular complexity index is 4360. The second kappa shape index (κ2) is 15.3. The molecular weight excluding hydrogens is 819 g/mol. The normalized spacial score (nSPS) is 11.8. The lowest BCUT2D eigenvalue weighted by atomic mass is 9.83. The van der Waals surface area contributed by atoms with Crippen molar-refractivity contribution in [3.63, 3.8) is 0 Å². The fourth-order valence-electron chi connectivity index (χ4n) is 11.3. The van der Waals surface area contributed by atoms with Gasteiger partial charge in [-0.25, -0.2) is 4.98 Å². The van der Waals surface area contributed by atoms with Crippen molar-refractivity contribution in [2.75, 3.05) is 0 Å². The Kier molecular flexibility index (Phi) is 8.66. The van der Waals surface area contributed by atoms with Gasteiger partial charge in [0.1, 0.15) is 0 Å². The van der Waals surface area contributed by atoms with Gasteiger partial charge in [-0.05, 0) is 133 Å². The number of fused-ring (bicyclic) bond motifs is 10. The molecule has 0 spiro atoms. The van der Waals surface area contributed by atoms with Crippen LogP contribution in [0.25, 0.3) is 142 Å². The predicted octanol–water partition coefficient (Wildman–Crippen LogP) is 18.6. The van der Waals surface area contributed by atoms with Crippen molar-refractivity contribution >= 4 is 86.3 Å². The van der Waals surface area contributed by atoms with E-state index in [0.717, 1.165) is 22.2 Å². The number of pyridine rings is 1. The minimum absolute atomic E-state index is 1.00. The Morgan fingerprint density at radius 2 is 0.706 bits per heavy atom. The third kappa shape index (κ3) is 5.99. The van der Waals surface area contributed by atoms with Crippen molar-refractivity contribution in [2.45, 2.75) is 0 Å². The molecule has 1 nitrogen and oxygen atoms in total. The summed E-state index contributed by atoms with van der Waals surface area (Å²) < 4.78 is 0. The standard InChI is InChI=1S/C67H41N/c1-2-18-47-39-49(36-33-42(47)15-1)67-62-41-60(52-23-7-8-24-55(52)66(62)59-27-11-12-30-63(59)68-67)46-34-31-43(32-35-46)48-37-38-58-61(40-48)65(54-29-14-20-45-17-4-6-22-51(45)54)57-26-10-9-25-56(57)64(58)53-28-13-19-44-16-3-5-21-50(44)53/h1-41H. The average molecular weight is 860 g/mol. The van der Waals surface area contributed by atoms with Gasteiger partial charge >= 0.3 is 0 Å². The maximum absolute atomic E-state index is 5.41. The van der Waals surface area contributed by atoms with E-state index in [1.807, 2.05) is 0 Å². The van der Waals surface area contributed by atoms with Crippen LogP contribution in [0.3, 0.4) is 0 Å². The molecule has 0 aliphatic rings. The Morgan fingerprint density at radius 1 is 0.221 bits per heavy atom. The van der Waals surface area contributed by atoms with Gasteiger partial charge in [-0.1, -0.05) is 224 Å². The van der Waals surface area contributed by atoms with E-state index < -0.39 is 0 Å². The molecule has 68 heavy (non-hydrogen) atoms. The quantitative estimate of drug-likeness (QED) is 0.124. The molecule has 0 amide bonds. The second-order valence-corrected chi connectivity index (χ2v) is 18.1. The summed E-state index contributed by atoms with van der Waals surface area (Å²) in [4.78, 5) is 5.41. The van der Waals surface area contributed by atoms with Crippen LogP contribution in [0.2, 0.25) is 0 Å². The summed E-state index contributed by atoms with van der Waals surface area (Å²) in [5, 5.41) is 18.4. The molecule has 0 radical (unpaired) electrons. The van der Waals surface area contributed by atoms with Gasteiger partial charge in [-0.15, -0.1) is 0 Å². The van der Waals surface area contributed by atoms with Crippen LogP contribution >= 0.6 is 0 Å². The van der Waals surface area contributed by atoms with Crippen molar-refractivity contribution in [2.24, 2.45) is 0 Å². The van der Waals surface area contributed by atoms with E-state index in [0.29, 0.717) is 0 Å². The predicted molar refractivity (Wildman–Crippen MR) is 291 cm³/mol. The number of rotatable bonds is 5. The minimum atomic E-state index is 1.00. The maximum atomic E-state index is 5.41. The molecule has 0 saturated heterocycles. The molecule has 0 bridgehead atoms. The molecule has 0 fully saturated rings. The van der Waals surface area contributed by atoms with Crippen molar-refractivity contribution in [3.8, 4) is 55.8 Å². The molecule has 14 aromatic rings. The Balaban J connectivity index is 0.984. The largest absolute Gasteiger partial charge is 0.247 e. The van der Waals surface area contributed by atoms with E-state index in [-0.39, 0.29) is 0 Å². The van der Waals surface area contributed by atoms with Gasteiger partial charge in [0.25, 0.3) is 0 Å². The molecule has 0 atom stereocenters. The molecule has 0 aliphatic carbocycles. The highest BCUT2D eigenvalue weighted by atomic mass is 14.7. The smallest absolute Gasteiger partial charge is 0.0788 e. The fourth-order valence-corrected chi connectivity index (χ4v) is 11.3. The van der Waals surface area contributed by atoms with E-state index in [4.69, 9.17) is 4.98 Å². The zero-order valence-electron chi connectivity index (χ0n) is 37.1. The molecule has 314 valence electrons. The fraction of sp³-hybridized carbons (Fsp3) is 0. The highest BCUT2D eigenvalue weighted by Crippen LogP contribution is 2.48. The van der Waals surface area contributed by atoms with Crippen molar-refractivity contribution in [1.29, 1.82) is 0 Å². The topological polar surface area (TPSA) is 12.9 Å². The van der Waals surface area contributed by atoms with Gasteiger partial charge in [-0.3, -0.25) is 0 Å². The van der Waals surface area contributed by atoms with Crippen LogP contribution in [-0.2, 0) is 0 Å². The average Bonchev–Trinajstić information content (AvgIpc) is 3.41. The van der Waals surface area contributed by atoms with Gasteiger partial charge in [0, 0.05) is 21.7 Å². The van der Waals surface area contributed by atoms with Crippen LogP contribution in [0.15, 0.2) is 249 Å². The molecule has 1 heteroatoms. The number of hydrogen-bond acceptors (Lipinski definition) is 1. The summed E-state index contributed by atoms with van der Waals surface area (Å²) in [7, 11) is 0. The van der Waals surface area contributed by atoms with Crippen molar-refractivity contribution in [3.05, 3.63) is 249 Å². The first-order valence-electron chi connectivity index (χ1n) is 23.5. The molecule has 0 aliphatic heterocycles. The number of para-hydroxylation sites is 1. The van der Waals surface area contributed by atoms with Crippen LogP contribution in [0.5, 0.6) is 0 Å². The first kappa shape index (κ1) is 38.4. The lowest BCUT2D eigenvalue weighted by Gasteiger charge is -2.20. The van der Waals surface area contributed by atoms with E-state index >= 15 is 0 Å². The third-order valence-electron chi connectivity index (χ3n) is 14.4. The van der Waals surface area contributed by atoms with Crippen LogP contribution in [-0.4, -0.2) is 4.98 Å². The van der Waals surface area contributed by atoms with Gasteiger partial charge < -0.3 is 0 Å². The summed E-state index contributed by atoms with van der Waals surface area (Å²) in [5.41, 5.74) is 12.9. The van der Waals surface area contributed by atoms with E-state index in [1.54, 1.807) is 0 Å². The second-order valence-electron chi connectivity index (χ2n) is 18.1. The van der Waals surface area contributed by atoms with Gasteiger partial charge in [0.05, 0.1) is 11.2 Å². The van der Waals surface area contributed by atoms with Gasteiger partial charge in [0.15, 0.2) is 0 Å². The first-order valence-corrected chi connectivity index (χ1v) is 23.5. The monoisotopic (exact) mass is 859 g/mol. The van der Waals surface area contributed by atoms with Crippen LogP contribution in [0, 0.1) is 0 Å². The van der Waals surface area contributed by atoms with Crippen LogP contribution in [0.4, 0.5) is 0 Å². The highest BCUT2D eigenvalue weighted by Gasteiger charge is 2.21. The lowest BCUT2D eigenvalue weighted by molar-refractivity contribution is 1.43. The summed E-state index contributed by atoms with van der Waals surface area (Å²) >= 11 is 0. The maximum Gasteiger partial charge on any atom is 0.0788 e. The van der Waals surface area contributed by atoms with E-state index in [2.05, 4.69) is 249 Å². The Labute approximate surface area is 393 Å². The van der Waals surface area contributed by atoms with Gasteiger partial charge in [0.2, 0.25) is 0 Å². The van der Waals surface area contributed by atoms with Crippen LogP contribution in [0.1, 0.15) is 0 Å². The lowest BCUT2D eigenvalue weighted by Crippen LogP contribution is -1.93. The van der Waals surface area contributed by atoms with E-state index in [9.17, 15) is 0 Å². The minimum Gasteiger partial charge on any atom is -0.247 e. The van der Waals surface area contributed by atoms with E-state index in [1.165, 1.54) is 120 Å². The Morgan fingerprint density at radius 3 is 1.40 bits per heavy atom.